The Morgan fingerprint density at radius 3 is 2.38 bits per heavy atom. The van der Waals surface area contributed by atoms with E-state index in [9.17, 15) is 0 Å². The van der Waals surface area contributed by atoms with Crippen molar-refractivity contribution in [1.29, 1.82) is 0 Å². The summed E-state index contributed by atoms with van der Waals surface area (Å²) in [5, 5.41) is 3.44. The highest BCUT2D eigenvalue weighted by molar-refractivity contribution is 5.85. The van der Waals surface area contributed by atoms with E-state index in [0.717, 1.165) is 19.6 Å². The van der Waals surface area contributed by atoms with Gasteiger partial charge in [0.2, 0.25) is 0 Å². The maximum absolute atomic E-state index is 5.67. The summed E-state index contributed by atoms with van der Waals surface area (Å²) in [4.78, 5) is 0. The van der Waals surface area contributed by atoms with E-state index in [4.69, 9.17) is 9.47 Å². The predicted molar refractivity (Wildman–Crippen MR) is 55.3 cm³/mol. The average molecular weight is 210 g/mol. The van der Waals surface area contributed by atoms with E-state index in [0.29, 0.717) is 0 Å². The summed E-state index contributed by atoms with van der Waals surface area (Å²) in [5.41, 5.74) is -0.0952. The molecule has 0 saturated carbocycles. The second-order valence-electron chi connectivity index (χ2n) is 4.27. The lowest BCUT2D eigenvalue weighted by Crippen LogP contribution is -2.46. The minimum absolute atomic E-state index is 0. The normalized spacial score (nSPS) is 31.4. The average Bonchev–Trinajstić information content (AvgIpc) is 2.23. The van der Waals surface area contributed by atoms with Gasteiger partial charge in [-0.15, -0.1) is 12.4 Å². The Labute approximate surface area is 86.6 Å². The molecule has 0 aliphatic carbocycles. The lowest BCUT2D eigenvalue weighted by Gasteiger charge is -2.26. The molecule has 1 rings (SSSR count). The van der Waals surface area contributed by atoms with Gasteiger partial charge in [-0.1, -0.05) is 0 Å². The number of halogens is 1. The molecule has 1 fully saturated rings. The molecule has 1 saturated heterocycles. The van der Waals surface area contributed by atoms with E-state index < -0.39 is 0 Å². The first kappa shape index (κ1) is 13.2. The van der Waals surface area contributed by atoms with Gasteiger partial charge >= 0.3 is 0 Å². The van der Waals surface area contributed by atoms with Crippen LogP contribution in [0.3, 0.4) is 0 Å². The van der Waals surface area contributed by atoms with Crippen LogP contribution in [0.25, 0.3) is 0 Å². The monoisotopic (exact) mass is 209 g/mol. The highest BCUT2D eigenvalue weighted by Crippen LogP contribution is 2.25. The summed E-state index contributed by atoms with van der Waals surface area (Å²) in [6.07, 6.45) is 0.896. The Kier molecular flexibility index (Phi) is 4.66. The third-order valence-corrected chi connectivity index (χ3v) is 2.14. The standard InChI is InChI=1S/C9H19NO2.ClH/c1-8(2)7-12-9(3,10-8)5-6-11-4;/h10H,5-7H2,1-4H3;1H. The van der Waals surface area contributed by atoms with E-state index in [1.165, 1.54) is 0 Å². The summed E-state index contributed by atoms with van der Waals surface area (Å²) >= 11 is 0. The van der Waals surface area contributed by atoms with Crippen molar-refractivity contribution >= 4 is 12.4 Å². The molecule has 1 N–H and O–H groups in total. The fourth-order valence-corrected chi connectivity index (χ4v) is 1.56. The highest BCUT2D eigenvalue weighted by atomic mass is 35.5. The molecule has 0 aromatic heterocycles. The van der Waals surface area contributed by atoms with Gasteiger partial charge in [0, 0.05) is 19.1 Å². The quantitative estimate of drug-likeness (QED) is 0.766. The molecule has 1 atom stereocenters. The van der Waals surface area contributed by atoms with Crippen LogP contribution >= 0.6 is 12.4 Å². The molecule has 4 heteroatoms. The van der Waals surface area contributed by atoms with Crippen molar-refractivity contribution in [2.45, 2.75) is 38.5 Å². The number of rotatable bonds is 3. The Hall–Kier alpha value is 0.170. The summed E-state index contributed by atoms with van der Waals surface area (Å²) in [6, 6.07) is 0. The van der Waals surface area contributed by atoms with Gasteiger partial charge in [0.05, 0.1) is 13.2 Å². The Bertz CT molecular complexity index is 164. The summed E-state index contributed by atoms with van der Waals surface area (Å²) in [5.74, 6) is 0. The van der Waals surface area contributed by atoms with Crippen LogP contribution in [-0.4, -0.2) is 31.6 Å². The zero-order valence-corrected chi connectivity index (χ0v) is 9.66. The number of nitrogens with one attached hydrogen (secondary N) is 1. The smallest absolute Gasteiger partial charge is 0.119 e. The van der Waals surface area contributed by atoms with Gasteiger partial charge in [0.1, 0.15) is 5.72 Å². The van der Waals surface area contributed by atoms with Crippen molar-refractivity contribution in [3.05, 3.63) is 0 Å². The van der Waals surface area contributed by atoms with Gasteiger partial charge in [-0.25, -0.2) is 0 Å². The molecule has 1 aliphatic heterocycles. The van der Waals surface area contributed by atoms with Gasteiger partial charge in [-0.2, -0.15) is 0 Å². The third-order valence-electron chi connectivity index (χ3n) is 2.14. The SMILES string of the molecule is COCCC1(C)NC(C)(C)CO1.Cl. The van der Waals surface area contributed by atoms with Gasteiger partial charge < -0.3 is 9.47 Å². The number of methoxy groups -OCH3 is 1. The molecule has 0 aromatic rings. The maximum Gasteiger partial charge on any atom is 0.119 e. The largest absolute Gasteiger partial charge is 0.385 e. The number of hydrogen-bond acceptors (Lipinski definition) is 3. The van der Waals surface area contributed by atoms with Crippen molar-refractivity contribution < 1.29 is 9.47 Å². The number of ether oxygens (including phenoxy) is 2. The van der Waals surface area contributed by atoms with Gasteiger partial charge in [0.25, 0.3) is 0 Å². The van der Waals surface area contributed by atoms with Crippen LogP contribution < -0.4 is 5.32 Å². The van der Waals surface area contributed by atoms with Crippen LogP contribution in [0.5, 0.6) is 0 Å². The second-order valence-corrected chi connectivity index (χ2v) is 4.27. The van der Waals surface area contributed by atoms with Gasteiger partial charge in [-0.3, -0.25) is 5.32 Å². The molecule has 1 aliphatic rings. The van der Waals surface area contributed by atoms with E-state index >= 15 is 0 Å². The summed E-state index contributed by atoms with van der Waals surface area (Å²) in [6.45, 7) is 7.86. The Morgan fingerprint density at radius 1 is 1.38 bits per heavy atom. The lowest BCUT2D eigenvalue weighted by molar-refractivity contribution is -0.0174. The maximum atomic E-state index is 5.67. The third kappa shape index (κ3) is 3.81. The summed E-state index contributed by atoms with van der Waals surface area (Å²) < 4.78 is 10.7. The minimum Gasteiger partial charge on any atom is -0.385 e. The molecule has 0 aromatic carbocycles. The van der Waals surface area contributed by atoms with Crippen LogP contribution in [0.4, 0.5) is 0 Å². The zero-order chi connectivity index (χ0) is 9.24. The van der Waals surface area contributed by atoms with Crippen molar-refractivity contribution in [3.63, 3.8) is 0 Å². The fourth-order valence-electron chi connectivity index (χ4n) is 1.56. The van der Waals surface area contributed by atoms with E-state index in [-0.39, 0.29) is 23.7 Å². The molecule has 0 radical (unpaired) electrons. The molecule has 0 amide bonds. The van der Waals surface area contributed by atoms with Gasteiger partial charge in [0.15, 0.2) is 0 Å². The summed E-state index contributed by atoms with van der Waals surface area (Å²) in [7, 11) is 1.71. The van der Waals surface area contributed by atoms with Crippen molar-refractivity contribution in [3.8, 4) is 0 Å². The molecule has 80 valence electrons. The Morgan fingerprint density at radius 2 is 2.00 bits per heavy atom. The topological polar surface area (TPSA) is 30.5 Å². The van der Waals surface area contributed by atoms with Crippen LogP contribution in [0.2, 0.25) is 0 Å². The molecular formula is C9H20ClNO2. The van der Waals surface area contributed by atoms with Crippen LogP contribution in [0.15, 0.2) is 0 Å². The van der Waals surface area contributed by atoms with Crippen molar-refractivity contribution in [2.24, 2.45) is 0 Å². The first-order valence-electron chi connectivity index (χ1n) is 4.40. The number of hydrogen-bond donors (Lipinski definition) is 1. The lowest BCUT2D eigenvalue weighted by atomic mass is 10.1. The van der Waals surface area contributed by atoms with E-state index in [2.05, 4.69) is 26.1 Å². The van der Waals surface area contributed by atoms with Gasteiger partial charge in [-0.05, 0) is 20.8 Å². The first-order valence-corrected chi connectivity index (χ1v) is 4.40. The van der Waals surface area contributed by atoms with Crippen LogP contribution in [0.1, 0.15) is 27.2 Å². The Balaban J connectivity index is 0.00000144. The van der Waals surface area contributed by atoms with Crippen LogP contribution in [0, 0.1) is 0 Å². The van der Waals surface area contributed by atoms with E-state index in [1.54, 1.807) is 7.11 Å². The predicted octanol–water partition coefficient (Wildman–Crippen LogP) is 1.56. The second kappa shape index (κ2) is 4.60. The van der Waals surface area contributed by atoms with Crippen LogP contribution in [-0.2, 0) is 9.47 Å². The fraction of sp³-hybridized carbons (Fsp3) is 1.00. The highest BCUT2D eigenvalue weighted by Gasteiger charge is 2.39. The molecule has 1 unspecified atom stereocenters. The van der Waals surface area contributed by atoms with Crippen molar-refractivity contribution in [2.75, 3.05) is 20.3 Å². The first-order chi connectivity index (χ1) is 5.47. The van der Waals surface area contributed by atoms with Crippen molar-refractivity contribution in [1.82, 2.24) is 5.32 Å². The molecular weight excluding hydrogens is 190 g/mol. The molecule has 0 spiro atoms. The molecule has 0 bridgehead atoms. The van der Waals surface area contributed by atoms with E-state index in [1.807, 2.05) is 0 Å². The zero-order valence-electron chi connectivity index (χ0n) is 8.85. The molecule has 1 heterocycles. The molecule has 13 heavy (non-hydrogen) atoms. The molecule has 3 nitrogen and oxygen atoms in total. The minimum atomic E-state index is -0.195.